The minimum absolute atomic E-state index is 0.0238. The van der Waals surface area contributed by atoms with E-state index in [4.69, 9.17) is 14.8 Å². The molecule has 0 aliphatic rings. The molecule has 4 rings (SSSR count). The highest BCUT2D eigenvalue weighted by atomic mass is 16.6. The first-order valence-electron chi connectivity index (χ1n) is 11.1. The Hall–Kier alpha value is -4.20. The number of non-ortho nitro benzene ring substituents is 1. The van der Waals surface area contributed by atoms with Gasteiger partial charge in [0.1, 0.15) is 11.6 Å². The third-order valence-corrected chi connectivity index (χ3v) is 5.70. The van der Waals surface area contributed by atoms with Crippen LogP contribution in [0.15, 0.2) is 72.8 Å². The molecule has 1 unspecified atom stereocenters. The molecule has 8 heteroatoms. The van der Waals surface area contributed by atoms with E-state index in [0.29, 0.717) is 18.8 Å². The second-order valence-corrected chi connectivity index (χ2v) is 8.14. The molecular weight excluding hydrogens is 434 g/mol. The van der Waals surface area contributed by atoms with Crippen molar-refractivity contribution in [3.63, 3.8) is 0 Å². The topological polar surface area (TPSA) is 107 Å². The number of carboxylic acids is 1. The number of aromatic nitrogens is 2. The number of aliphatic carboxylic acids is 1. The molecule has 1 atom stereocenters. The first-order valence-corrected chi connectivity index (χ1v) is 11.1. The Morgan fingerprint density at radius 3 is 2.50 bits per heavy atom. The molecule has 0 bridgehead atoms. The van der Waals surface area contributed by atoms with E-state index in [-0.39, 0.29) is 11.6 Å². The first kappa shape index (κ1) is 23.0. The number of imidazole rings is 1. The number of hydrogen-bond donors (Lipinski definition) is 1. The van der Waals surface area contributed by atoms with E-state index in [0.717, 1.165) is 41.0 Å². The van der Waals surface area contributed by atoms with Crippen molar-refractivity contribution in [1.82, 2.24) is 9.55 Å². The van der Waals surface area contributed by atoms with Gasteiger partial charge >= 0.3 is 5.97 Å². The van der Waals surface area contributed by atoms with Crippen LogP contribution in [0.25, 0.3) is 28.1 Å². The van der Waals surface area contributed by atoms with Crippen molar-refractivity contribution in [2.45, 2.75) is 26.2 Å². The molecule has 3 aromatic carbocycles. The molecule has 34 heavy (non-hydrogen) atoms. The molecule has 1 N–H and O–H groups in total. The van der Waals surface area contributed by atoms with Gasteiger partial charge in [-0.05, 0) is 43.5 Å². The first-order chi connectivity index (χ1) is 16.4. The molecule has 0 spiro atoms. The van der Waals surface area contributed by atoms with Crippen LogP contribution in [0.4, 0.5) is 5.69 Å². The van der Waals surface area contributed by atoms with Gasteiger partial charge in [-0.15, -0.1) is 0 Å². The Labute approximate surface area is 196 Å². The van der Waals surface area contributed by atoms with Crippen molar-refractivity contribution in [3.8, 4) is 22.8 Å². The number of nitrogens with zero attached hydrogens (tertiary/aromatic N) is 3. The molecule has 4 aromatic rings. The zero-order chi connectivity index (χ0) is 24.1. The van der Waals surface area contributed by atoms with Crippen molar-refractivity contribution >= 4 is 22.7 Å². The maximum Gasteiger partial charge on any atom is 0.306 e. The maximum absolute atomic E-state index is 11.1. The number of fused-ring (bicyclic) bond motifs is 1. The molecule has 0 saturated carbocycles. The number of hydrogen-bond acceptors (Lipinski definition) is 5. The summed E-state index contributed by atoms with van der Waals surface area (Å²) in [6.07, 6.45) is 2.15. The number of nitro benzene ring substituents is 1. The average Bonchev–Trinajstić information content (AvgIpc) is 3.23. The Balaban J connectivity index is 1.63. The number of ether oxygens (including phenoxy) is 1. The minimum atomic E-state index is -0.778. The van der Waals surface area contributed by atoms with Gasteiger partial charge in [0, 0.05) is 29.4 Å². The Bertz CT molecular complexity index is 1300. The van der Waals surface area contributed by atoms with Gasteiger partial charge in [0.15, 0.2) is 0 Å². The zero-order valence-electron chi connectivity index (χ0n) is 18.8. The van der Waals surface area contributed by atoms with E-state index in [9.17, 15) is 14.9 Å². The fourth-order valence-electron chi connectivity index (χ4n) is 3.78. The van der Waals surface area contributed by atoms with Crippen LogP contribution in [-0.4, -0.2) is 32.2 Å². The number of nitro groups is 1. The van der Waals surface area contributed by atoms with Crippen LogP contribution in [-0.2, 0) is 4.79 Å². The lowest BCUT2D eigenvalue weighted by Crippen LogP contribution is -2.09. The van der Waals surface area contributed by atoms with E-state index in [1.54, 1.807) is 19.1 Å². The summed E-state index contributed by atoms with van der Waals surface area (Å²) < 4.78 is 7.90. The average molecular weight is 460 g/mol. The zero-order valence-corrected chi connectivity index (χ0v) is 18.8. The summed E-state index contributed by atoms with van der Waals surface area (Å²) in [6.45, 7) is 2.19. The van der Waals surface area contributed by atoms with Gasteiger partial charge in [-0.2, -0.15) is 0 Å². The second kappa shape index (κ2) is 10.2. The number of unbranched alkanes of at least 4 members (excludes halogenated alkanes) is 1. The predicted octanol–water partition coefficient (Wildman–Crippen LogP) is 5.87. The monoisotopic (exact) mass is 459 g/mol. The lowest BCUT2D eigenvalue weighted by molar-refractivity contribution is -0.384. The molecule has 1 aromatic heterocycles. The van der Waals surface area contributed by atoms with E-state index in [2.05, 4.69) is 0 Å². The summed E-state index contributed by atoms with van der Waals surface area (Å²) in [4.78, 5) is 26.4. The standard InChI is InChI=1S/C26H25N3O5/c1-18(26(30)31)7-5-6-16-34-22-14-15-23-24(17-22)28(20-10-12-21(13-11-20)29(32)33)25(27-23)19-8-3-2-4-9-19/h2-4,8-15,17-18H,5-7,16H2,1H3,(H,30,31). The summed E-state index contributed by atoms with van der Waals surface area (Å²) in [6, 6.07) is 21.8. The van der Waals surface area contributed by atoms with Gasteiger partial charge in [0.25, 0.3) is 5.69 Å². The fourth-order valence-corrected chi connectivity index (χ4v) is 3.78. The van der Waals surface area contributed by atoms with Crippen molar-refractivity contribution in [2.24, 2.45) is 5.92 Å². The Morgan fingerprint density at radius 1 is 1.09 bits per heavy atom. The summed E-state index contributed by atoms with van der Waals surface area (Å²) in [5.74, 6) is 0.273. The van der Waals surface area contributed by atoms with Crippen LogP contribution in [0.3, 0.4) is 0 Å². The molecule has 0 aliphatic heterocycles. The quantitative estimate of drug-likeness (QED) is 0.180. The van der Waals surface area contributed by atoms with Crippen LogP contribution in [0.5, 0.6) is 5.75 Å². The molecule has 0 radical (unpaired) electrons. The molecule has 0 amide bonds. The van der Waals surface area contributed by atoms with Gasteiger partial charge in [-0.1, -0.05) is 37.3 Å². The van der Waals surface area contributed by atoms with Crippen molar-refractivity contribution in [3.05, 3.63) is 82.9 Å². The van der Waals surface area contributed by atoms with E-state index in [1.807, 2.05) is 53.1 Å². The molecule has 0 aliphatic carbocycles. The van der Waals surface area contributed by atoms with Crippen LogP contribution >= 0.6 is 0 Å². The highest BCUT2D eigenvalue weighted by Gasteiger charge is 2.16. The highest BCUT2D eigenvalue weighted by Crippen LogP contribution is 2.31. The summed E-state index contributed by atoms with van der Waals surface area (Å²) in [5.41, 5.74) is 3.30. The smallest absolute Gasteiger partial charge is 0.306 e. The van der Waals surface area contributed by atoms with Crippen LogP contribution in [0, 0.1) is 16.0 Å². The molecule has 1 heterocycles. The highest BCUT2D eigenvalue weighted by molar-refractivity contribution is 5.84. The summed E-state index contributed by atoms with van der Waals surface area (Å²) in [7, 11) is 0. The van der Waals surface area contributed by atoms with Crippen molar-refractivity contribution in [2.75, 3.05) is 6.61 Å². The summed E-state index contributed by atoms with van der Waals surface area (Å²) >= 11 is 0. The largest absolute Gasteiger partial charge is 0.494 e. The molecule has 0 fully saturated rings. The molecule has 8 nitrogen and oxygen atoms in total. The second-order valence-electron chi connectivity index (χ2n) is 8.14. The Kier molecular flexibility index (Phi) is 6.87. The van der Waals surface area contributed by atoms with Crippen molar-refractivity contribution in [1.29, 1.82) is 0 Å². The normalized spacial score (nSPS) is 11.9. The van der Waals surface area contributed by atoms with Crippen LogP contribution in [0.1, 0.15) is 26.2 Å². The summed E-state index contributed by atoms with van der Waals surface area (Å²) in [5, 5.41) is 20.1. The van der Waals surface area contributed by atoms with E-state index in [1.165, 1.54) is 12.1 Å². The van der Waals surface area contributed by atoms with Gasteiger partial charge in [-0.3, -0.25) is 19.5 Å². The molecular formula is C26H25N3O5. The number of rotatable bonds is 10. The number of carboxylic acid groups (broad SMARTS) is 1. The molecule has 0 saturated heterocycles. The van der Waals surface area contributed by atoms with E-state index >= 15 is 0 Å². The third-order valence-electron chi connectivity index (χ3n) is 5.70. The van der Waals surface area contributed by atoms with Gasteiger partial charge in [0.2, 0.25) is 0 Å². The van der Waals surface area contributed by atoms with Crippen molar-refractivity contribution < 1.29 is 19.6 Å². The SMILES string of the molecule is CC(CCCCOc1ccc2nc(-c3ccccc3)n(-c3ccc([N+](=O)[O-])cc3)c2c1)C(=O)O. The maximum atomic E-state index is 11.1. The van der Waals surface area contributed by atoms with Crippen LogP contribution < -0.4 is 4.74 Å². The van der Waals surface area contributed by atoms with E-state index < -0.39 is 10.9 Å². The van der Waals surface area contributed by atoms with Gasteiger partial charge in [0.05, 0.1) is 28.5 Å². The third kappa shape index (κ3) is 5.06. The predicted molar refractivity (Wildman–Crippen MR) is 129 cm³/mol. The van der Waals surface area contributed by atoms with Crippen LogP contribution in [0.2, 0.25) is 0 Å². The molecule has 174 valence electrons. The number of benzene rings is 3. The lowest BCUT2D eigenvalue weighted by atomic mass is 10.1. The van der Waals surface area contributed by atoms with Gasteiger partial charge < -0.3 is 9.84 Å². The minimum Gasteiger partial charge on any atom is -0.494 e. The lowest BCUT2D eigenvalue weighted by Gasteiger charge is -2.11. The number of carbonyl (C=O) groups is 1. The van der Waals surface area contributed by atoms with Gasteiger partial charge in [-0.25, -0.2) is 4.98 Å². The fraction of sp³-hybridized carbons (Fsp3) is 0.231. The Morgan fingerprint density at radius 2 is 1.82 bits per heavy atom.